The van der Waals surface area contributed by atoms with Crippen LogP contribution in [0.1, 0.15) is 19.3 Å². The van der Waals surface area contributed by atoms with Crippen LogP contribution in [0.5, 0.6) is 0 Å². The van der Waals surface area contributed by atoms with Gasteiger partial charge in [-0.3, -0.25) is 4.79 Å². The molecule has 1 fully saturated rings. The summed E-state index contributed by atoms with van der Waals surface area (Å²) in [6.45, 7) is 0.591. The molecule has 0 aliphatic carbocycles. The van der Waals surface area contributed by atoms with Crippen LogP contribution in [-0.2, 0) is 14.8 Å². The zero-order valence-electron chi connectivity index (χ0n) is 10.2. The second-order valence-electron chi connectivity index (χ2n) is 4.42. The average Bonchev–Trinajstić information content (AvgIpc) is 2.55. The van der Waals surface area contributed by atoms with Crippen molar-refractivity contribution < 1.29 is 13.2 Å². The molecular formula is C12H15ClN2O3S. The van der Waals surface area contributed by atoms with E-state index in [1.807, 2.05) is 0 Å². The minimum Gasteiger partial charge on any atom is -0.355 e. The van der Waals surface area contributed by atoms with Crippen LogP contribution in [0, 0.1) is 0 Å². The van der Waals surface area contributed by atoms with Gasteiger partial charge in [0, 0.05) is 11.6 Å². The SMILES string of the molecule is O=C1NCCCCC1NS(=O)(=O)c1cccc(Cl)c1. The maximum Gasteiger partial charge on any atom is 0.241 e. The highest BCUT2D eigenvalue weighted by Gasteiger charge is 2.26. The van der Waals surface area contributed by atoms with Gasteiger partial charge in [-0.2, -0.15) is 4.72 Å². The summed E-state index contributed by atoms with van der Waals surface area (Å²) in [6, 6.07) is 5.25. The van der Waals surface area contributed by atoms with E-state index in [1.54, 1.807) is 12.1 Å². The number of hydrogen-bond acceptors (Lipinski definition) is 3. The van der Waals surface area contributed by atoms with Crippen LogP contribution in [0.25, 0.3) is 0 Å². The Kier molecular flexibility index (Phi) is 4.44. The van der Waals surface area contributed by atoms with Crippen LogP contribution in [0.2, 0.25) is 5.02 Å². The molecule has 0 aromatic heterocycles. The van der Waals surface area contributed by atoms with E-state index in [2.05, 4.69) is 10.0 Å². The van der Waals surface area contributed by atoms with Crippen molar-refractivity contribution >= 4 is 27.5 Å². The van der Waals surface area contributed by atoms with Crippen molar-refractivity contribution in [3.8, 4) is 0 Å². The number of carbonyl (C=O) groups is 1. The van der Waals surface area contributed by atoms with Gasteiger partial charge in [-0.05, 0) is 37.5 Å². The predicted molar refractivity (Wildman–Crippen MR) is 72.4 cm³/mol. The van der Waals surface area contributed by atoms with Crippen molar-refractivity contribution in [2.45, 2.75) is 30.2 Å². The van der Waals surface area contributed by atoms with Crippen molar-refractivity contribution in [1.29, 1.82) is 0 Å². The minimum atomic E-state index is -3.73. The van der Waals surface area contributed by atoms with Crippen LogP contribution in [0.15, 0.2) is 29.2 Å². The van der Waals surface area contributed by atoms with Gasteiger partial charge in [0.1, 0.15) is 6.04 Å². The highest BCUT2D eigenvalue weighted by molar-refractivity contribution is 7.89. The Morgan fingerprint density at radius 1 is 1.32 bits per heavy atom. The molecule has 2 rings (SSSR count). The van der Waals surface area contributed by atoms with E-state index in [1.165, 1.54) is 12.1 Å². The Morgan fingerprint density at radius 2 is 2.11 bits per heavy atom. The van der Waals surface area contributed by atoms with Gasteiger partial charge < -0.3 is 5.32 Å². The summed E-state index contributed by atoms with van der Waals surface area (Å²) in [4.78, 5) is 11.8. The zero-order chi connectivity index (χ0) is 13.9. The molecule has 1 atom stereocenters. The van der Waals surface area contributed by atoms with Crippen molar-refractivity contribution in [3.05, 3.63) is 29.3 Å². The first-order valence-corrected chi connectivity index (χ1v) is 7.91. The third-order valence-electron chi connectivity index (χ3n) is 2.94. The first-order chi connectivity index (χ1) is 8.99. The number of sulfonamides is 1. The monoisotopic (exact) mass is 302 g/mol. The molecule has 1 heterocycles. The van der Waals surface area contributed by atoms with Crippen LogP contribution in [0.3, 0.4) is 0 Å². The fourth-order valence-electron chi connectivity index (χ4n) is 1.94. The maximum absolute atomic E-state index is 12.2. The molecule has 2 N–H and O–H groups in total. The zero-order valence-corrected chi connectivity index (χ0v) is 11.8. The second-order valence-corrected chi connectivity index (χ2v) is 6.57. The van der Waals surface area contributed by atoms with Crippen LogP contribution >= 0.6 is 11.6 Å². The molecule has 7 heteroatoms. The Hall–Kier alpha value is -1.11. The Bertz CT molecular complexity index is 574. The Morgan fingerprint density at radius 3 is 2.84 bits per heavy atom. The summed E-state index contributed by atoms with van der Waals surface area (Å²) in [5.74, 6) is -0.275. The molecule has 1 saturated heterocycles. The van der Waals surface area contributed by atoms with E-state index < -0.39 is 16.1 Å². The largest absolute Gasteiger partial charge is 0.355 e. The molecule has 19 heavy (non-hydrogen) atoms. The van der Waals surface area contributed by atoms with E-state index >= 15 is 0 Å². The molecule has 1 amide bonds. The van der Waals surface area contributed by atoms with Crippen LogP contribution in [-0.4, -0.2) is 26.9 Å². The Labute approximate surface area is 117 Å². The molecule has 5 nitrogen and oxygen atoms in total. The van der Waals surface area contributed by atoms with E-state index in [-0.39, 0.29) is 10.8 Å². The van der Waals surface area contributed by atoms with Crippen molar-refractivity contribution in [2.75, 3.05) is 6.54 Å². The van der Waals surface area contributed by atoms with Crippen LogP contribution in [0.4, 0.5) is 0 Å². The standard InChI is InChI=1S/C12H15ClN2O3S/c13-9-4-3-5-10(8-9)19(17,18)15-11-6-1-2-7-14-12(11)16/h3-5,8,11,15H,1-2,6-7H2,(H,14,16). The van der Waals surface area contributed by atoms with E-state index in [0.29, 0.717) is 18.0 Å². The molecule has 0 spiro atoms. The molecule has 0 saturated carbocycles. The van der Waals surface area contributed by atoms with Gasteiger partial charge in [0.15, 0.2) is 0 Å². The average molecular weight is 303 g/mol. The van der Waals surface area contributed by atoms with Gasteiger partial charge in [-0.15, -0.1) is 0 Å². The topological polar surface area (TPSA) is 75.3 Å². The Balaban J connectivity index is 2.18. The van der Waals surface area contributed by atoms with E-state index in [9.17, 15) is 13.2 Å². The van der Waals surface area contributed by atoms with Crippen molar-refractivity contribution in [2.24, 2.45) is 0 Å². The number of halogens is 1. The fourth-order valence-corrected chi connectivity index (χ4v) is 3.47. The quantitative estimate of drug-likeness (QED) is 0.883. The normalized spacial score (nSPS) is 20.7. The molecular weight excluding hydrogens is 288 g/mol. The second kappa shape index (κ2) is 5.90. The van der Waals surface area contributed by atoms with Gasteiger partial charge in [0.25, 0.3) is 0 Å². The molecule has 1 aliphatic heterocycles. The highest BCUT2D eigenvalue weighted by atomic mass is 35.5. The summed E-state index contributed by atoms with van der Waals surface area (Å²) in [6.07, 6.45) is 2.17. The molecule has 104 valence electrons. The lowest BCUT2D eigenvalue weighted by atomic mass is 10.1. The number of nitrogens with one attached hydrogen (secondary N) is 2. The lowest BCUT2D eigenvalue weighted by Gasteiger charge is -2.15. The first kappa shape index (κ1) is 14.3. The third kappa shape index (κ3) is 3.68. The first-order valence-electron chi connectivity index (χ1n) is 6.05. The molecule has 1 aromatic carbocycles. The molecule has 1 aromatic rings. The fraction of sp³-hybridized carbons (Fsp3) is 0.417. The van der Waals surface area contributed by atoms with Crippen molar-refractivity contribution in [1.82, 2.24) is 10.0 Å². The van der Waals surface area contributed by atoms with E-state index in [0.717, 1.165) is 12.8 Å². The summed E-state index contributed by atoms with van der Waals surface area (Å²) in [5, 5.41) is 3.03. The van der Waals surface area contributed by atoms with Gasteiger partial charge >= 0.3 is 0 Å². The molecule has 0 bridgehead atoms. The number of carbonyl (C=O) groups excluding carboxylic acids is 1. The lowest BCUT2D eigenvalue weighted by molar-refractivity contribution is -0.122. The molecule has 1 unspecified atom stereocenters. The molecule has 0 radical (unpaired) electrons. The summed E-state index contributed by atoms with van der Waals surface area (Å²) < 4.78 is 26.8. The van der Waals surface area contributed by atoms with Gasteiger partial charge in [-0.25, -0.2) is 8.42 Å². The highest BCUT2D eigenvalue weighted by Crippen LogP contribution is 2.16. The van der Waals surface area contributed by atoms with Gasteiger partial charge in [0.05, 0.1) is 4.90 Å². The van der Waals surface area contributed by atoms with Crippen LogP contribution < -0.4 is 10.0 Å². The number of amides is 1. The summed E-state index contributed by atoms with van der Waals surface area (Å²) >= 11 is 5.78. The minimum absolute atomic E-state index is 0.0667. The maximum atomic E-state index is 12.2. The number of rotatable bonds is 3. The van der Waals surface area contributed by atoms with E-state index in [4.69, 9.17) is 11.6 Å². The van der Waals surface area contributed by atoms with Gasteiger partial charge in [-0.1, -0.05) is 17.7 Å². The number of hydrogen-bond donors (Lipinski definition) is 2. The van der Waals surface area contributed by atoms with Crippen molar-refractivity contribution in [3.63, 3.8) is 0 Å². The summed E-state index contributed by atoms with van der Waals surface area (Å²) in [7, 11) is -3.73. The lowest BCUT2D eigenvalue weighted by Crippen LogP contribution is -2.45. The van der Waals surface area contributed by atoms with Gasteiger partial charge in [0.2, 0.25) is 15.9 Å². The molecule has 1 aliphatic rings. The smallest absolute Gasteiger partial charge is 0.241 e. The third-order valence-corrected chi connectivity index (χ3v) is 4.64. The predicted octanol–water partition coefficient (Wildman–Crippen LogP) is 1.29. The number of benzene rings is 1. The summed E-state index contributed by atoms with van der Waals surface area (Å²) in [5.41, 5.74) is 0.